The average Bonchev–Trinajstić information content (AvgIpc) is 2.10. The second kappa shape index (κ2) is 8.87. The third-order valence-corrected chi connectivity index (χ3v) is 1.99. The monoisotopic (exact) mass is 341 g/mol. The van der Waals surface area contributed by atoms with Crippen LogP contribution in [-0.4, -0.2) is 66.4 Å². The van der Waals surface area contributed by atoms with Gasteiger partial charge in [0.15, 0.2) is 6.10 Å². The third kappa shape index (κ3) is 13.1. The van der Waals surface area contributed by atoms with Crippen molar-refractivity contribution in [3.05, 3.63) is 0 Å². The van der Waals surface area contributed by atoms with E-state index in [1.54, 1.807) is 0 Å². The lowest BCUT2D eigenvalue weighted by Gasteiger charge is -2.28. The maximum absolute atomic E-state index is 11.3. The van der Waals surface area contributed by atoms with E-state index in [1.165, 1.54) is 0 Å². The number of carboxylic acid groups (broad SMARTS) is 2. The molecule has 0 heterocycles. The number of aliphatic carboxylic acids is 2. The molecule has 0 spiro atoms. The minimum Gasteiger partial charge on any atom is -1.00 e. The highest BCUT2D eigenvalue weighted by molar-refractivity contribution is 5.77. The summed E-state index contributed by atoms with van der Waals surface area (Å²) < 4.78 is 5.44. The maximum Gasteiger partial charge on any atom is 0.307 e. The molecule has 0 aromatic carbocycles. The molecule has 0 bridgehead atoms. The van der Waals surface area contributed by atoms with Crippen LogP contribution in [0.5, 0.6) is 0 Å². The molecule has 0 radical (unpaired) electrons. The van der Waals surface area contributed by atoms with Crippen LogP contribution in [0, 0.1) is 0 Å². The lowest BCUT2D eigenvalue weighted by molar-refractivity contribution is -0.873. The number of hydrogen-bond acceptors (Lipinski definition) is 4. The minimum atomic E-state index is -1.09. The maximum atomic E-state index is 11.3. The van der Waals surface area contributed by atoms with Crippen LogP contribution in [0.2, 0.25) is 0 Å². The summed E-state index contributed by atoms with van der Waals surface area (Å²) in [6.07, 6.45) is -1.59. The molecular weight excluding hydrogens is 322 g/mol. The Kier molecular flexibility index (Phi) is 9.41. The smallest absolute Gasteiger partial charge is 0.307 e. The SMILES string of the molecule is C[N+](C)(C)CC(CC(=O)O)OC(=O)CCC(=O)O.[Br-]. The van der Waals surface area contributed by atoms with Crippen molar-refractivity contribution in [3.8, 4) is 0 Å². The Morgan fingerprint density at radius 3 is 1.95 bits per heavy atom. The predicted octanol–water partition coefficient (Wildman–Crippen LogP) is -3.05. The summed E-state index contributed by atoms with van der Waals surface area (Å²) in [7, 11) is 5.54. The summed E-state index contributed by atoms with van der Waals surface area (Å²) in [5.41, 5.74) is 0. The first-order chi connectivity index (χ1) is 8.10. The Labute approximate surface area is 122 Å². The van der Waals surface area contributed by atoms with Crippen LogP contribution < -0.4 is 17.0 Å². The molecule has 1 unspecified atom stereocenters. The fourth-order valence-corrected chi connectivity index (χ4v) is 1.40. The number of quaternary nitrogens is 1. The van der Waals surface area contributed by atoms with Gasteiger partial charge in [-0.1, -0.05) is 0 Å². The number of carbonyl (C=O) groups is 3. The summed E-state index contributed by atoms with van der Waals surface area (Å²) in [5.74, 6) is -2.83. The van der Waals surface area contributed by atoms with E-state index < -0.39 is 24.0 Å². The number of carboxylic acids is 2. The summed E-state index contributed by atoms with van der Waals surface area (Å²) >= 11 is 0. The number of carbonyl (C=O) groups excluding carboxylic acids is 1. The number of ether oxygens (including phenoxy) is 1. The molecule has 0 saturated carbocycles. The molecule has 1 atom stereocenters. The molecule has 0 aromatic rings. The highest BCUT2D eigenvalue weighted by Crippen LogP contribution is 2.07. The molecule has 0 aromatic heterocycles. The second-order valence-corrected chi connectivity index (χ2v) is 5.08. The Balaban J connectivity index is 0. The van der Waals surface area contributed by atoms with Crippen molar-refractivity contribution < 1.29 is 50.8 Å². The molecule has 8 heteroatoms. The first kappa shape index (κ1) is 20.2. The van der Waals surface area contributed by atoms with Gasteiger partial charge in [-0.15, -0.1) is 0 Å². The molecule has 0 aliphatic heterocycles. The van der Waals surface area contributed by atoms with Gasteiger partial charge in [0.25, 0.3) is 0 Å². The van der Waals surface area contributed by atoms with Gasteiger partial charge in [0.2, 0.25) is 0 Å². The summed E-state index contributed by atoms with van der Waals surface area (Å²) in [6, 6.07) is 0. The fraction of sp³-hybridized carbons (Fsp3) is 0.727. The Bertz CT molecular complexity index is 326. The molecule has 0 amide bonds. The Morgan fingerprint density at radius 2 is 1.58 bits per heavy atom. The number of halogens is 1. The quantitative estimate of drug-likeness (QED) is 0.359. The highest BCUT2D eigenvalue weighted by atomic mass is 79.9. The standard InChI is InChI=1S/C11H19NO6.BrH/c1-12(2,3)7-8(6-10(15)16)18-11(17)5-4-9(13)14;/h8H,4-7H2,1-3H3,(H-,13,14,15,16);1H. The van der Waals surface area contributed by atoms with E-state index in [1.807, 2.05) is 21.1 Å². The largest absolute Gasteiger partial charge is 1.00 e. The van der Waals surface area contributed by atoms with Crippen LogP contribution >= 0.6 is 0 Å². The molecule has 7 nitrogen and oxygen atoms in total. The van der Waals surface area contributed by atoms with E-state index in [-0.39, 0.29) is 36.2 Å². The molecule has 0 aliphatic rings. The van der Waals surface area contributed by atoms with E-state index >= 15 is 0 Å². The van der Waals surface area contributed by atoms with Gasteiger partial charge in [-0.2, -0.15) is 0 Å². The van der Waals surface area contributed by atoms with E-state index in [2.05, 4.69) is 0 Å². The van der Waals surface area contributed by atoms with Gasteiger partial charge in [0.05, 0.1) is 40.4 Å². The lowest BCUT2D eigenvalue weighted by Crippen LogP contribution is -3.00. The molecule has 0 fully saturated rings. The summed E-state index contributed by atoms with van der Waals surface area (Å²) in [6.45, 7) is 0.352. The number of likely N-dealkylation sites (N-methyl/N-ethyl adjacent to an activating group) is 1. The molecule has 0 saturated heterocycles. The first-order valence-electron chi connectivity index (χ1n) is 5.53. The van der Waals surface area contributed by atoms with Gasteiger partial charge in [-0.05, 0) is 0 Å². The number of rotatable bonds is 8. The predicted molar refractivity (Wildman–Crippen MR) is 61.9 cm³/mol. The van der Waals surface area contributed by atoms with Crippen molar-refractivity contribution in [1.29, 1.82) is 0 Å². The molecular formula is C11H20BrNO6. The van der Waals surface area contributed by atoms with Crippen LogP contribution in [0.15, 0.2) is 0 Å². The van der Waals surface area contributed by atoms with Gasteiger partial charge >= 0.3 is 17.9 Å². The molecule has 112 valence electrons. The van der Waals surface area contributed by atoms with Crippen LogP contribution in [0.25, 0.3) is 0 Å². The van der Waals surface area contributed by atoms with Crippen molar-refractivity contribution >= 4 is 17.9 Å². The number of hydrogen-bond donors (Lipinski definition) is 2. The molecule has 0 rings (SSSR count). The Morgan fingerprint density at radius 1 is 1.05 bits per heavy atom. The van der Waals surface area contributed by atoms with Crippen molar-refractivity contribution in [2.75, 3.05) is 27.7 Å². The number of esters is 1. The van der Waals surface area contributed by atoms with E-state index in [9.17, 15) is 14.4 Å². The van der Waals surface area contributed by atoms with E-state index in [4.69, 9.17) is 14.9 Å². The lowest BCUT2D eigenvalue weighted by atomic mass is 10.2. The van der Waals surface area contributed by atoms with Crippen molar-refractivity contribution in [2.24, 2.45) is 0 Å². The van der Waals surface area contributed by atoms with Crippen LogP contribution in [0.1, 0.15) is 19.3 Å². The van der Waals surface area contributed by atoms with Crippen LogP contribution in [0.3, 0.4) is 0 Å². The van der Waals surface area contributed by atoms with Crippen molar-refractivity contribution in [3.63, 3.8) is 0 Å². The molecule has 2 N–H and O–H groups in total. The fourth-order valence-electron chi connectivity index (χ4n) is 1.40. The zero-order chi connectivity index (χ0) is 14.3. The summed E-state index contributed by atoms with van der Waals surface area (Å²) in [4.78, 5) is 32.3. The summed E-state index contributed by atoms with van der Waals surface area (Å²) in [5, 5.41) is 17.1. The normalized spacial score (nSPS) is 12.2. The second-order valence-electron chi connectivity index (χ2n) is 5.08. The van der Waals surface area contributed by atoms with Crippen molar-refractivity contribution in [2.45, 2.75) is 25.4 Å². The highest BCUT2D eigenvalue weighted by Gasteiger charge is 2.24. The minimum absolute atomic E-state index is 0. The molecule has 0 aliphatic carbocycles. The topological polar surface area (TPSA) is 101 Å². The van der Waals surface area contributed by atoms with Gasteiger partial charge in [-0.3, -0.25) is 14.4 Å². The third-order valence-electron chi connectivity index (χ3n) is 1.99. The van der Waals surface area contributed by atoms with E-state index in [0.29, 0.717) is 11.0 Å². The Hall–Kier alpha value is -1.15. The van der Waals surface area contributed by atoms with Gasteiger partial charge in [0, 0.05) is 0 Å². The zero-order valence-corrected chi connectivity index (χ0v) is 12.8. The zero-order valence-electron chi connectivity index (χ0n) is 11.3. The van der Waals surface area contributed by atoms with Gasteiger partial charge in [-0.25, -0.2) is 0 Å². The molecule has 19 heavy (non-hydrogen) atoms. The van der Waals surface area contributed by atoms with Crippen molar-refractivity contribution in [1.82, 2.24) is 0 Å². The van der Waals surface area contributed by atoms with E-state index in [0.717, 1.165) is 0 Å². The first-order valence-corrected chi connectivity index (χ1v) is 5.53. The average molecular weight is 342 g/mol. The van der Waals surface area contributed by atoms with Gasteiger partial charge in [0.1, 0.15) is 6.54 Å². The van der Waals surface area contributed by atoms with Crippen LogP contribution in [-0.2, 0) is 19.1 Å². The number of nitrogens with zero attached hydrogens (tertiary/aromatic N) is 1. The van der Waals surface area contributed by atoms with Crippen LogP contribution in [0.4, 0.5) is 0 Å². The van der Waals surface area contributed by atoms with Gasteiger partial charge < -0.3 is 36.4 Å².